The van der Waals surface area contributed by atoms with Crippen LogP contribution >= 0.6 is 38.9 Å². The first-order valence-electron chi connectivity index (χ1n) is 4.81. The van der Waals surface area contributed by atoms with Crippen molar-refractivity contribution in [2.24, 2.45) is 0 Å². The molecule has 0 spiro atoms. The molecule has 2 aromatic rings. The minimum absolute atomic E-state index is 0.00185. The minimum atomic E-state index is -0.0426. The molecule has 1 aromatic carbocycles. The van der Waals surface area contributed by atoms with Crippen LogP contribution in [0.5, 0.6) is 5.75 Å². The molecule has 0 amide bonds. The van der Waals surface area contributed by atoms with Gasteiger partial charge in [0.05, 0.1) is 9.90 Å². The average Bonchev–Trinajstić information content (AvgIpc) is 2.81. The molecule has 5 heteroatoms. The molecular formula is C12H8BrClO2S. The second-order valence-electron chi connectivity index (χ2n) is 3.26. The molecule has 1 heterocycles. The van der Waals surface area contributed by atoms with Gasteiger partial charge in [-0.3, -0.25) is 4.79 Å². The van der Waals surface area contributed by atoms with E-state index in [0.717, 1.165) is 4.47 Å². The lowest BCUT2D eigenvalue weighted by Crippen LogP contribution is -2.10. The van der Waals surface area contributed by atoms with E-state index < -0.39 is 0 Å². The predicted molar refractivity (Wildman–Crippen MR) is 73.3 cm³/mol. The van der Waals surface area contributed by atoms with Gasteiger partial charge in [0.1, 0.15) is 5.75 Å². The van der Waals surface area contributed by atoms with Crippen LogP contribution in [-0.2, 0) is 0 Å². The standard InChI is InChI=1S/C12H8BrClO2S/c13-8-3-4-11(9(14)6-8)16-7-10(15)12-2-1-5-17-12/h1-6H,7H2. The second kappa shape index (κ2) is 5.67. The molecule has 0 unspecified atom stereocenters. The number of halogens is 2. The summed E-state index contributed by atoms with van der Waals surface area (Å²) >= 11 is 10.7. The highest BCUT2D eigenvalue weighted by molar-refractivity contribution is 9.10. The fourth-order valence-electron chi connectivity index (χ4n) is 1.24. The van der Waals surface area contributed by atoms with Crippen molar-refractivity contribution in [2.75, 3.05) is 6.61 Å². The first-order chi connectivity index (χ1) is 8.16. The molecule has 0 saturated carbocycles. The molecule has 1 aromatic heterocycles. The van der Waals surface area contributed by atoms with E-state index in [9.17, 15) is 4.79 Å². The number of rotatable bonds is 4. The number of ketones is 1. The van der Waals surface area contributed by atoms with Crippen LogP contribution in [0, 0.1) is 0 Å². The number of carbonyl (C=O) groups excluding carboxylic acids is 1. The molecule has 2 rings (SSSR count). The van der Waals surface area contributed by atoms with Crippen LogP contribution in [0.15, 0.2) is 40.2 Å². The van der Waals surface area contributed by atoms with Gasteiger partial charge in [0, 0.05) is 4.47 Å². The molecule has 0 aliphatic rings. The van der Waals surface area contributed by atoms with Gasteiger partial charge in [0.25, 0.3) is 0 Å². The van der Waals surface area contributed by atoms with Crippen LogP contribution in [0.2, 0.25) is 5.02 Å². The van der Waals surface area contributed by atoms with Gasteiger partial charge in [-0.1, -0.05) is 33.6 Å². The van der Waals surface area contributed by atoms with E-state index >= 15 is 0 Å². The number of Topliss-reactive ketones (excluding diaryl/α,β-unsaturated/α-hetero) is 1. The van der Waals surface area contributed by atoms with Crippen LogP contribution in [0.4, 0.5) is 0 Å². The van der Waals surface area contributed by atoms with Crippen LogP contribution in [0.3, 0.4) is 0 Å². The summed E-state index contributed by atoms with van der Waals surface area (Å²) in [6.45, 7) is 0.00185. The number of hydrogen-bond donors (Lipinski definition) is 0. The van der Waals surface area contributed by atoms with Crippen molar-refractivity contribution in [1.29, 1.82) is 0 Å². The summed E-state index contributed by atoms with van der Waals surface area (Å²) < 4.78 is 6.26. The number of ether oxygens (including phenoxy) is 1. The lowest BCUT2D eigenvalue weighted by Gasteiger charge is -2.06. The van der Waals surface area contributed by atoms with Gasteiger partial charge in [0.15, 0.2) is 6.61 Å². The third-order valence-electron chi connectivity index (χ3n) is 2.05. The number of hydrogen-bond acceptors (Lipinski definition) is 3. The SMILES string of the molecule is O=C(COc1ccc(Br)cc1Cl)c1cccs1. The van der Waals surface area contributed by atoms with E-state index in [0.29, 0.717) is 15.6 Å². The Hall–Kier alpha value is -0.840. The Labute approximate surface area is 116 Å². The largest absolute Gasteiger partial charge is 0.484 e. The first-order valence-corrected chi connectivity index (χ1v) is 6.86. The van der Waals surface area contributed by atoms with Crippen molar-refractivity contribution in [3.63, 3.8) is 0 Å². The molecule has 17 heavy (non-hydrogen) atoms. The van der Waals surface area contributed by atoms with Crippen LogP contribution < -0.4 is 4.74 Å². The van der Waals surface area contributed by atoms with Crippen molar-refractivity contribution in [3.05, 3.63) is 50.1 Å². The van der Waals surface area contributed by atoms with E-state index in [4.69, 9.17) is 16.3 Å². The Morgan fingerprint density at radius 3 is 2.88 bits per heavy atom. The molecule has 88 valence electrons. The summed E-state index contributed by atoms with van der Waals surface area (Å²) in [7, 11) is 0. The normalized spacial score (nSPS) is 10.2. The number of carbonyl (C=O) groups is 1. The fourth-order valence-corrected chi connectivity index (χ4v) is 2.62. The quantitative estimate of drug-likeness (QED) is 0.775. The summed E-state index contributed by atoms with van der Waals surface area (Å²) in [5, 5.41) is 2.35. The Balaban J connectivity index is 2.01. The zero-order chi connectivity index (χ0) is 12.3. The zero-order valence-electron chi connectivity index (χ0n) is 8.65. The Bertz CT molecular complexity index is 525. The predicted octanol–water partition coefficient (Wildman–Crippen LogP) is 4.43. The van der Waals surface area contributed by atoms with E-state index in [1.54, 1.807) is 18.2 Å². The Morgan fingerprint density at radius 1 is 1.41 bits per heavy atom. The topological polar surface area (TPSA) is 26.3 Å². The molecule has 0 atom stereocenters. The van der Waals surface area contributed by atoms with E-state index in [2.05, 4.69) is 15.9 Å². The Kier molecular flexibility index (Phi) is 4.20. The lowest BCUT2D eigenvalue weighted by atomic mass is 10.3. The second-order valence-corrected chi connectivity index (χ2v) is 5.53. The first kappa shape index (κ1) is 12.6. The van der Waals surface area contributed by atoms with E-state index in [1.807, 2.05) is 17.5 Å². The monoisotopic (exact) mass is 330 g/mol. The van der Waals surface area contributed by atoms with Crippen molar-refractivity contribution in [3.8, 4) is 5.75 Å². The van der Waals surface area contributed by atoms with Crippen LogP contribution in [0.25, 0.3) is 0 Å². The summed E-state index contributed by atoms with van der Waals surface area (Å²) in [4.78, 5) is 12.4. The summed E-state index contributed by atoms with van der Waals surface area (Å²) in [5.74, 6) is 0.471. The van der Waals surface area contributed by atoms with E-state index in [-0.39, 0.29) is 12.4 Å². The lowest BCUT2D eigenvalue weighted by molar-refractivity contribution is 0.0925. The maximum atomic E-state index is 11.7. The highest BCUT2D eigenvalue weighted by Crippen LogP contribution is 2.27. The van der Waals surface area contributed by atoms with Gasteiger partial charge < -0.3 is 4.74 Å². The maximum Gasteiger partial charge on any atom is 0.210 e. The van der Waals surface area contributed by atoms with Gasteiger partial charge in [-0.2, -0.15) is 0 Å². The van der Waals surface area contributed by atoms with Gasteiger partial charge in [-0.15, -0.1) is 11.3 Å². The van der Waals surface area contributed by atoms with Crippen LogP contribution in [-0.4, -0.2) is 12.4 Å². The highest BCUT2D eigenvalue weighted by Gasteiger charge is 2.09. The van der Waals surface area contributed by atoms with E-state index in [1.165, 1.54) is 11.3 Å². The summed E-state index contributed by atoms with van der Waals surface area (Å²) in [6, 6.07) is 8.89. The van der Waals surface area contributed by atoms with Crippen molar-refractivity contribution in [2.45, 2.75) is 0 Å². The molecule has 0 bridgehead atoms. The molecule has 0 fully saturated rings. The molecule has 0 aliphatic carbocycles. The molecule has 0 radical (unpaired) electrons. The van der Waals surface area contributed by atoms with Crippen molar-refractivity contribution < 1.29 is 9.53 Å². The molecule has 0 N–H and O–H groups in total. The summed E-state index contributed by atoms with van der Waals surface area (Å²) in [6.07, 6.45) is 0. The molecule has 0 aliphatic heterocycles. The third-order valence-corrected chi connectivity index (χ3v) is 3.75. The van der Waals surface area contributed by atoms with Crippen LogP contribution in [0.1, 0.15) is 9.67 Å². The zero-order valence-corrected chi connectivity index (χ0v) is 11.8. The Morgan fingerprint density at radius 2 is 2.24 bits per heavy atom. The average molecular weight is 332 g/mol. The summed E-state index contributed by atoms with van der Waals surface area (Å²) in [5.41, 5.74) is 0. The smallest absolute Gasteiger partial charge is 0.210 e. The number of benzene rings is 1. The minimum Gasteiger partial charge on any atom is -0.484 e. The fraction of sp³-hybridized carbons (Fsp3) is 0.0833. The molecule has 0 saturated heterocycles. The van der Waals surface area contributed by atoms with Gasteiger partial charge in [-0.25, -0.2) is 0 Å². The van der Waals surface area contributed by atoms with Crippen molar-refractivity contribution in [1.82, 2.24) is 0 Å². The van der Waals surface area contributed by atoms with Gasteiger partial charge in [-0.05, 0) is 29.6 Å². The van der Waals surface area contributed by atoms with Gasteiger partial charge >= 0.3 is 0 Å². The molecule has 2 nitrogen and oxygen atoms in total. The molecular weight excluding hydrogens is 324 g/mol. The van der Waals surface area contributed by atoms with Crippen molar-refractivity contribution >= 4 is 44.7 Å². The maximum absolute atomic E-state index is 11.7. The number of thiophene rings is 1. The third kappa shape index (κ3) is 3.31. The highest BCUT2D eigenvalue weighted by atomic mass is 79.9. The van der Waals surface area contributed by atoms with Gasteiger partial charge in [0.2, 0.25) is 5.78 Å².